The zero-order chi connectivity index (χ0) is 12.7. The smallest absolute Gasteiger partial charge is 0.193 e. The number of hydrogen-bond donors (Lipinski definition) is 0. The fourth-order valence-corrected chi connectivity index (χ4v) is 3.72. The molecule has 18 heavy (non-hydrogen) atoms. The molecule has 90 valence electrons. The van der Waals surface area contributed by atoms with Gasteiger partial charge in [-0.3, -0.25) is 4.79 Å². The van der Waals surface area contributed by atoms with E-state index in [1.54, 1.807) is 0 Å². The molecule has 3 rings (SSSR count). The number of fused-ring (bicyclic) bond motifs is 2. The van der Waals surface area contributed by atoms with Crippen molar-refractivity contribution in [3.05, 3.63) is 70.8 Å². The lowest BCUT2D eigenvalue weighted by molar-refractivity contribution is 0.103. The summed E-state index contributed by atoms with van der Waals surface area (Å²) in [5, 5.41) is 0. The second-order valence-corrected chi connectivity index (χ2v) is 6.28. The summed E-state index contributed by atoms with van der Waals surface area (Å²) in [6.45, 7) is 0. The molecule has 0 heterocycles. The van der Waals surface area contributed by atoms with Crippen LogP contribution < -0.4 is 0 Å². The summed E-state index contributed by atoms with van der Waals surface area (Å²) in [6.07, 6.45) is 0. The van der Waals surface area contributed by atoms with E-state index in [9.17, 15) is 4.79 Å². The number of carbonyl (C=O) groups is 1. The first kappa shape index (κ1) is 12.1. The summed E-state index contributed by atoms with van der Waals surface area (Å²) in [7, 11) is 0. The standard InChI is InChI=1S/C15H10Br2O/c16-13-9-5-1-3-7-11(9)15(18)12-8-4-2-6-10(12)14(13)17/h1-8,13-14H. The minimum atomic E-state index is 0.0984. The number of benzene rings is 2. The molecule has 0 saturated heterocycles. The van der Waals surface area contributed by atoms with Gasteiger partial charge in [-0.05, 0) is 11.1 Å². The quantitative estimate of drug-likeness (QED) is 0.612. The van der Waals surface area contributed by atoms with Crippen LogP contribution in [-0.2, 0) is 0 Å². The van der Waals surface area contributed by atoms with Gasteiger partial charge in [-0.25, -0.2) is 0 Å². The molecule has 0 aliphatic heterocycles. The van der Waals surface area contributed by atoms with Crippen LogP contribution in [0, 0.1) is 0 Å². The Morgan fingerprint density at radius 3 is 1.56 bits per heavy atom. The van der Waals surface area contributed by atoms with Crippen molar-refractivity contribution in [2.75, 3.05) is 0 Å². The maximum atomic E-state index is 12.6. The zero-order valence-corrected chi connectivity index (χ0v) is 12.6. The number of rotatable bonds is 0. The van der Waals surface area contributed by atoms with Crippen LogP contribution in [0.15, 0.2) is 48.5 Å². The van der Waals surface area contributed by atoms with Crippen LogP contribution >= 0.6 is 31.9 Å². The van der Waals surface area contributed by atoms with Gasteiger partial charge in [0.1, 0.15) is 0 Å². The molecule has 0 radical (unpaired) electrons. The summed E-state index contributed by atoms with van der Waals surface area (Å²) in [6, 6.07) is 15.6. The van der Waals surface area contributed by atoms with Crippen LogP contribution in [0.5, 0.6) is 0 Å². The van der Waals surface area contributed by atoms with E-state index >= 15 is 0 Å². The van der Waals surface area contributed by atoms with E-state index in [0.717, 1.165) is 22.3 Å². The Kier molecular flexibility index (Phi) is 3.12. The highest BCUT2D eigenvalue weighted by Crippen LogP contribution is 2.47. The van der Waals surface area contributed by atoms with E-state index in [2.05, 4.69) is 31.9 Å². The van der Waals surface area contributed by atoms with Crippen LogP contribution in [-0.4, -0.2) is 5.78 Å². The molecule has 0 bridgehead atoms. The number of ketones is 1. The predicted molar refractivity (Wildman–Crippen MR) is 79.7 cm³/mol. The lowest BCUT2D eigenvalue weighted by Gasteiger charge is -2.16. The molecule has 0 saturated carbocycles. The van der Waals surface area contributed by atoms with Gasteiger partial charge in [0.25, 0.3) is 0 Å². The summed E-state index contributed by atoms with van der Waals surface area (Å²) < 4.78 is 0. The molecule has 2 atom stereocenters. The van der Waals surface area contributed by atoms with E-state index in [1.165, 1.54) is 0 Å². The molecule has 2 unspecified atom stereocenters. The molecule has 0 aromatic heterocycles. The maximum Gasteiger partial charge on any atom is 0.193 e. The summed E-state index contributed by atoms with van der Waals surface area (Å²) in [5.74, 6) is 0.104. The Hall–Kier alpha value is -0.930. The Morgan fingerprint density at radius 1 is 0.722 bits per heavy atom. The van der Waals surface area contributed by atoms with Gasteiger partial charge in [0.2, 0.25) is 0 Å². The zero-order valence-electron chi connectivity index (χ0n) is 9.44. The highest BCUT2D eigenvalue weighted by atomic mass is 79.9. The normalized spacial score (nSPS) is 22.0. The Balaban J connectivity index is 2.31. The van der Waals surface area contributed by atoms with Crippen molar-refractivity contribution in [3.8, 4) is 0 Å². The van der Waals surface area contributed by atoms with Crippen molar-refractivity contribution in [3.63, 3.8) is 0 Å². The fourth-order valence-electron chi connectivity index (χ4n) is 2.35. The Morgan fingerprint density at radius 2 is 1.11 bits per heavy atom. The summed E-state index contributed by atoms with van der Waals surface area (Å²) >= 11 is 7.40. The van der Waals surface area contributed by atoms with E-state index in [0.29, 0.717) is 0 Å². The SMILES string of the molecule is O=C1c2ccccc2C(Br)C(Br)c2ccccc21. The molecule has 0 amide bonds. The van der Waals surface area contributed by atoms with Gasteiger partial charge in [0.05, 0.1) is 9.65 Å². The minimum Gasteiger partial charge on any atom is -0.289 e. The highest BCUT2D eigenvalue weighted by Gasteiger charge is 2.31. The lowest BCUT2D eigenvalue weighted by Crippen LogP contribution is -2.03. The highest BCUT2D eigenvalue weighted by molar-refractivity contribution is 9.12. The van der Waals surface area contributed by atoms with Gasteiger partial charge < -0.3 is 0 Å². The number of alkyl halides is 2. The van der Waals surface area contributed by atoms with E-state index in [4.69, 9.17) is 0 Å². The van der Waals surface area contributed by atoms with Crippen LogP contribution in [0.25, 0.3) is 0 Å². The molecule has 2 aromatic rings. The maximum absolute atomic E-state index is 12.6. The monoisotopic (exact) mass is 364 g/mol. The molecule has 0 fully saturated rings. The number of hydrogen-bond acceptors (Lipinski definition) is 1. The first-order valence-electron chi connectivity index (χ1n) is 5.71. The van der Waals surface area contributed by atoms with E-state index in [1.807, 2.05) is 48.5 Å². The van der Waals surface area contributed by atoms with Crippen molar-refractivity contribution in [1.29, 1.82) is 0 Å². The minimum absolute atomic E-state index is 0.0984. The lowest BCUT2D eigenvalue weighted by atomic mass is 9.99. The van der Waals surface area contributed by atoms with Gasteiger partial charge in [0.15, 0.2) is 5.78 Å². The summed E-state index contributed by atoms with van der Waals surface area (Å²) in [4.78, 5) is 12.8. The number of halogens is 2. The third-order valence-corrected chi connectivity index (χ3v) is 6.02. The third kappa shape index (κ3) is 1.77. The van der Waals surface area contributed by atoms with Gasteiger partial charge in [-0.2, -0.15) is 0 Å². The Labute approximate surface area is 122 Å². The predicted octanol–water partition coefficient (Wildman–Crippen LogP) is 4.80. The average molecular weight is 366 g/mol. The van der Waals surface area contributed by atoms with Crippen molar-refractivity contribution in [1.82, 2.24) is 0 Å². The topological polar surface area (TPSA) is 17.1 Å². The molecule has 1 aliphatic rings. The van der Waals surface area contributed by atoms with Gasteiger partial charge in [-0.15, -0.1) is 0 Å². The molecule has 1 nitrogen and oxygen atoms in total. The second-order valence-electron chi connectivity index (χ2n) is 4.31. The molecule has 1 aliphatic carbocycles. The molecule has 0 N–H and O–H groups in total. The first-order chi connectivity index (χ1) is 8.70. The largest absolute Gasteiger partial charge is 0.289 e. The number of carbonyl (C=O) groups excluding carboxylic acids is 1. The average Bonchev–Trinajstić information content (AvgIpc) is 2.51. The van der Waals surface area contributed by atoms with Gasteiger partial charge >= 0.3 is 0 Å². The van der Waals surface area contributed by atoms with Crippen LogP contribution in [0.3, 0.4) is 0 Å². The second kappa shape index (κ2) is 4.63. The van der Waals surface area contributed by atoms with E-state index < -0.39 is 0 Å². The fraction of sp³-hybridized carbons (Fsp3) is 0.133. The molecule has 3 heteroatoms. The van der Waals surface area contributed by atoms with Crippen LogP contribution in [0.2, 0.25) is 0 Å². The molecular formula is C15H10Br2O. The van der Waals surface area contributed by atoms with Crippen LogP contribution in [0.4, 0.5) is 0 Å². The molecule has 2 aromatic carbocycles. The summed E-state index contributed by atoms with van der Waals surface area (Å²) in [5.41, 5.74) is 3.66. The van der Waals surface area contributed by atoms with Crippen molar-refractivity contribution in [2.24, 2.45) is 0 Å². The van der Waals surface area contributed by atoms with Crippen molar-refractivity contribution < 1.29 is 4.79 Å². The van der Waals surface area contributed by atoms with Gasteiger partial charge in [-0.1, -0.05) is 80.4 Å². The molecule has 0 spiro atoms. The van der Waals surface area contributed by atoms with E-state index in [-0.39, 0.29) is 15.4 Å². The van der Waals surface area contributed by atoms with Gasteiger partial charge in [0, 0.05) is 11.1 Å². The first-order valence-corrected chi connectivity index (χ1v) is 7.54. The van der Waals surface area contributed by atoms with Crippen molar-refractivity contribution in [2.45, 2.75) is 9.65 Å². The van der Waals surface area contributed by atoms with Crippen LogP contribution in [0.1, 0.15) is 36.7 Å². The third-order valence-electron chi connectivity index (χ3n) is 3.26. The molecular weight excluding hydrogens is 356 g/mol. The Bertz CT molecular complexity index is 568. The van der Waals surface area contributed by atoms with Crippen molar-refractivity contribution >= 4 is 37.6 Å².